The molecule has 1 aromatic rings. The lowest BCUT2D eigenvalue weighted by Crippen LogP contribution is -2.54. The van der Waals surface area contributed by atoms with Crippen molar-refractivity contribution in [3.63, 3.8) is 0 Å². The van der Waals surface area contributed by atoms with Crippen molar-refractivity contribution < 1.29 is 13.3 Å². The molecule has 76 valence electrons. The van der Waals surface area contributed by atoms with Crippen molar-refractivity contribution in [1.82, 2.24) is 0 Å². The van der Waals surface area contributed by atoms with E-state index in [9.17, 15) is 0 Å². The highest BCUT2D eigenvalue weighted by atomic mass is 28.4. The fourth-order valence-corrected chi connectivity index (χ4v) is 3.02. The third kappa shape index (κ3) is 2.04. The van der Waals surface area contributed by atoms with Crippen LogP contribution in [0.4, 0.5) is 0 Å². The van der Waals surface area contributed by atoms with Crippen molar-refractivity contribution in [2.75, 3.05) is 14.2 Å². The molecular formula is C10H14O3Si. The second-order valence-corrected chi connectivity index (χ2v) is 5.36. The molecular weight excluding hydrogens is 196 g/mol. The summed E-state index contributed by atoms with van der Waals surface area (Å²) in [6, 6.07) is 9.61. The zero-order chi connectivity index (χ0) is 10.4. The molecule has 0 atom stereocenters. The Morgan fingerprint density at radius 3 is 2.14 bits per heavy atom. The Morgan fingerprint density at radius 1 is 1.14 bits per heavy atom. The maximum absolute atomic E-state index is 5.37. The lowest BCUT2D eigenvalue weighted by molar-refractivity contribution is 0.158. The minimum atomic E-state index is -2.74. The third-order valence-electron chi connectivity index (χ3n) is 1.90. The lowest BCUT2D eigenvalue weighted by atomic mass is 10.4. The summed E-state index contributed by atoms with van der Waals surface area (Å²) in [6.45, 7) is 3.52. The standard InChI is InChI=1S/C10H14O3Si/c1-4-13-14(11-2,12-3)10-8-6-5-7-9-10/h4-9H,1H2,2-3H3. The van der Waals surface area contributed by atoms with Crippen molar-refractivity contribution in [2.24, 2.45) is 0 Å². The normalized spacial score (nSPS) is 11.0. The molecule has 0 N–H and O–H groups in total. The zero-order valence-corrected chi connectivity index (χ0v) is 9.40. The number of hydrogen-bond donors (Lipinski definition) is 0. The molecule has 0 radical (unpaired) electrons. The van der Waals surface area contributed by atoms with Gasteiger partial charge in [0.25, 0.3) is 0 Å². The molecule has 0 saturated heterocycles. The highest BCUT2D eigenvalue weighted by Gasteiger charge is 2.43. The molecule has 0 unspecified atom stereocenters. The van der Waals surface area contributed by atoms with Gasteiger partial charge in [0.1, 0.15) is 0 Å². The predicted molar refractivity (Wildman–Crippen MR) is 57.1 cm³/mol. The van der Waals surface area contributed by atoms with Gasteiger partial charge in [-0.3, -0.25) is 0 Å². The van der Waals surface area contributed by atoms with E-state index in [1.165, 1.54) is 6.26 Å². The second-order valence-electron chi connectivity index (χ2n) is 2.61. The number of hydrogen-bond acceptors (Lipinski definition) is 3. The van der Waals surface area contributed by atoms with Crippen LogP contribution in [0.1, 0.15) is 0 Å². The van der Waals surface area contributed by atoms with Gasteiger partial charge in [-0.25, -0.2) is 0 Å². The summed E-state index contributed by atoms with van der Waals surface area (Å²) < 4.78 is 16.0. The SMILES string of the molecule is C=CO[Si](OC)(OC)c1ccccc1. The summed E-state index contributed by atoms with van der Waals surface area (Å²) in [5.41, 5.74) is 0. The van der Waals surface area contributed by atoms with E-state index in [-0.39, 0.29) is 0 Å². The van der Waals surface area contributed by atoms with Crippen molar-refractivity contribution in [3.05, 3.63) is 43.2 Å². The minimum Gasteiger partial charge on any atom is -0.505 e. The van der Waals surface area contributed by atoms with Crippen LogP contribution in [-0.2, 0) is 13.3 Å². The Morgan fingerprint density at radius 2 is 1.71 bits per heavy atom. The Labute approximate surface area is 85.3 Å². The fourth-order valence-electron chi connectivity index (χ4n) is 1.24. The largest absolute Gasteiger partial charge is 0.601 e. The van der Waals surface area contributed by atoms with E-state index in [4.69, 9.17) is 13.3 Å². The van der Waals surface area contributed by atoms with Gasteiger partial charge in [-0.1, -0.05) is 36.9 Å². The summed E-state index contributed by atoms with van der Waals surface area (Å²) in [4.78, 5) is 0. The predicted octanol–water partition coefficient (Wildman–Crippen LogP) is 1.29. The van der Waals surface area contributed by atoms with Gasteiger partial charge in [0.2, 0.25) is 0 Å². The second kappa shape index (κ2) is 4.95. The summed E-state index contributed by atoms with van der Waals surface area (Å²) in [7, 11) is 0.414. The molecule has 14 heavy (non-hydrogen) atoms. The van der Waals surface area contributed by atoms with Crippen LogP contribution in [0.2, 0.25) is 0 Å². The lowest BCUT2D eigenvalue weighted by Gasteiger charge is -2.24. The summed E-state index contributed by atoms with van der Waals surface area (Å²) >= 11 is 0. The molecule has 0 bridgehead atoms. The summed E-state index contributed by atoms with van der Waals surface area (Å²) in [5.74, 6) is 0. The molecule has 4 heteroatoms. The smallest absolute Gasteiger partial charge is 0.505 e. The molecule has 0 heterocycles. The van der Waals surface area contributed by atoms with Crippen LogP contribution in [0.15, 0.2) is 43.2 Å². The van der Waals surface area contributed by atoms with E-state index in [2.05, 4.69) is 6.58 Å². The Balaban J connectivity index is 3.03. The van der Waals surface area contributed by atoms with Crippen LogP contribution < -0.4 is 5.19 Å². The molecule has 1 rings (SSSR count). The number of rotatable bonds is 5. The molecule has 0 fully saturated rings. The molecule has 0 spiro atoms. The summed E-state index contributed by atoms with van der Waals surface area (Å²) in [6.07, 6.45) is 1.35. The van der Waals surface area contributed by atoms with Gasteiger partial charge in [-0.2, -0.15) is 0 Å². The molecule has 0 saturated carbocycles. The minimum absolute atomic E-state index is 0.921. The van der Waals surface area contributed by atoms with Crippen LogP contribution in [0, 0.1) is 0 Å². The highest BCUT2D eigenvalue weighted by Crippen LogP contribution is 2.07. The van der Waals surface area contributed by atoms with E-state index in [1.807, 2.05) is 30.3 Å². The van der Waals surface area contributed by atoms with E-state index in [0.29, 0.717) is 0 Å². The van der Waals surface area contributed by atoms with Crippen LogP contribution >= 0.6 is 0 Å². The van der Waals surface area contributed by atoms with Gasteiger partial charge in [-0.15, -0.1) is 0 Å². The first-order chi connectivity index (χ1) is 6.79. The molecule has 0 aromatic heterocycles. The van der Waals surface area contributed by atoms with Crippen molar-refractivity contribution in [1.29, 1.82) is 0 Å². The van der Waals surface area contributed by atoms with Crippen molar-refractivity contribution in [2.45, 2.75) is 0 Å². The fraction of sp³-hybridized carbons (Fsp3) is 0.200. The van der Waals surface area contributed by atoms with Gasteiger partial charge in [-0.05, 0) is 0 Å². The first-order valence-electron chi connectivity index (χ1n) is 4.23. The van der Waals surface area contributed by atoms with E-state index >= 15 is 0 Å². The first-order valence-corrected chi connectivity index (χ1v) is 5.96. The molecule has 0 aliphatic heterocycles. The molecule has 0 amide bonds. The maximum atomic E-state index is 5.37. The molecule has 1 aromatic carbocycles. The molecule has 3 nitrogen and oxygen atoms in total. The van der Waals surface area contributed by atoms with Crippen molar-refractivity contribution >= 4 is 14.0 Å². The monoisotopic (exact) mass is 210 g/mol. The number of benzene rings is 1. The van der Waals surface area contributed by atoms with E-state index in [1.54, 1.807) is 14.2 Å². The van der Waals surface area contributed by atoms with Crippen LogP contribution in [0.3, 0.4) is 0 Å². The molecule has 0 aliphatic carbocycles. The first kappa shape index (κ1) is 11.0. The van der Waals surface area contributed by atoms with E-state index < -0.39 is 8.80 Å². The van der Waals surface area contributed by atoms with Gasteiger partial charge in [0.05, 0.1) is 6.26 Å². The van der Waals surface area contributed by atoms with Crippen LogP contribution in [0.5, 0.6) is 0 Å². The Hall–Kier alpha value is -1.10. The van der Waals surface area contributed by atoms with Gasteiger partial charge < -0.3 is 13.3 Å². The Kier molecular flexibility index (Phi) is 3.88. The van der Waals surface area contributed by atoms with E-state index in [0.717, 1.165) is 5.19 Å². The van der Waals surface area contributed by atoms with Crippen LogP contribution in [-0.4, -0.2) is 23.0 Å². The van der Waals surface area contributed by atoms with Gasteiger partial charge >= 0.3 is 8.80 Å². The van der Waals surface area contributed by atoms with Crippen LogP contribution in [0.25, 0.3) is 0 Å². The zero-order valence-electron chi connectivity index (χ0n) is 8.40. The topological polar surface area (TPSA) is 27.7 Å². The average Bonchev–Trinajstić information content (AvgIpc) is 2.27. The summed E-state index contributed by atoms with van der Waals surface area (Å²) in [5, 5.41) is 0.921. The Bertz CT molecular complexity index is 283. The highest BCUT2D eigenvalue weighted by molar-refractivity contribution is 6.75. The van der Waals surface area contributed by atoms with Gasteiger partial charge in [0, 0.05) is 19.4 Å². The average molecular weight is 210 g/mol. The quantitative estimate of drug-likeness (QED) is 0.541. The maximum Gasteiger partial charge on any atom is 0.601 e. The third-order valence-corrected chi connectivity index (χ3v) is 4.50. The van der Waals surface area contributed by atoms with Gasteiger partial charge in [0.15, 0.2) is 0 Å². The molecule has 0 aliphatic rings. The van der Waals surface area contributed by atoms with Crippen molar-refractivity contribution in [3.8, 4) is 0 Å².